The molecule has 2 aromatic rings. The first-order valence-electron chi connectivity index (χ1n) is 8.03. The van der Waals surface area contributed by atoms with Gasteiger partial charge in [0.1, 0.15) is 10.7 Å². The van der Waals surface area contributed by atoms with Crippen LogP contribution in [0.15, 0.2) is 29.6 Å². The summed E-state index contributed by atoms with van der Waals surface area (Å²) in [5.41, 5.74) is 7.21. The molecule has 1 unspecified atom stereocenters. The number of aromatic nitrogens is 1. The van der Waals surface area contributed by atoms with E-state index in [1.807, 2.05) is 0 Å². The van der Waals surface area contributed by atoms with Crippen LogP contribution in [0.4, 0.5) is 5.69 Å². The molecular formula is C17H20N4O3S. The minimum absolute atomic E-state index is 0.0310. The van der Waals surface area contributed by atoms with Crippen LogP contribution in [0.3, 0.4) is 0 Å². The van der Waals surface area contributed by atoms with Gasteiger partial charge in [0.15, 0.2) is 0 Å². The lowest BCUT2D eigenvalue weighted by Crippen LogP contribution is -2.54. The fourth-order valence-corrected chi connectivity index (χ4v) is 3.74. The third kappa shape index (κ3) is 3.54. The Kier molecular flexibility index (Phi) is 4.57. The molecule has 2 N–H and O–H groups in total. The topological polar surface area (TPSA) is 102 Å². The molecule has 0 spiro atoms. The highest BCUT2D eigenvalue weighted by Crippen LogP contribution is 2.30. The fraction of sp³-hybridized carbons (Fsp3) is 0.412. The normalized spacial score (nSPS) is 19.6. The zero-order chi connectivity index (χ0) is 18.2. The molecule has 1 amide bonds. The van der Waals surface area contributed by atoms with Gasteiger partial charge >= 0.3 is 0 Å². The van der Waals surface area contributed by atoms with Gasteiger partial charge in [0.2, 0.25) is 0 Å². The van der Waals surface area contributed by atoms with Crippen LogP contribution >= 0.6 is 11.3 Å². The second kappa shape index (κ2) is 6.53. The van der Waals surface area contributed by atoms with Crippen molar-refractivity contribution in [2.24, 2.45) is 11.1 Å². The second-order valence-electron chi connectivity index (χ2n) is 6.95. The molecule has 25 heavy (non-hydrogen) atoms. The van der Waals surface area contributed by atoms with Gasteiger partial charge in [0.05, 0.1) is 4.92 Å². The number of carbonyl (C=O) groups excluding carboxylic acids is 1. The van der Waals surface area contributed by atoms with Crippen molar-refractivity contribution in [3.63, 3.8) is 0 Å². The van der Waals surface area contributed by atoms with Crippen molar-refractivity contribution in [3.05, 3.63) is 45.5 Å². The lowest BCUT2D eigenvalue weighted by atomic mass is 9.79. The minimum atomic E-state index is -0.441. The Morgan fingerprint density at radius 1 is 1.40 bits per heavy atom. The number of piperidine rings is 1. The smallest absolute Gasteiger partial charge is 0.273 e. The summed E-state index contributed by atoms with van der Waals surface area (Å²) in [6, 6.07) is 6.25. The number of benzene rings is 1. The number of carbonyl (C=O) groups is 1. The first kappa shape index (κ1) is 17.5. The molecule has 1 aliphatic heterocycles. The molecule has 1 aliphatic rings. The number of non-ortho nitro benzene ring substituents is 1. The van der Waals surface area contributed by atoms with E-state index in [4.69, 9.17) is 5.73 Å². The van der Waals surface area contributed by atoms with Crippen molar-refractivity contribution in [3.8, 4) is 10.6 Å². The van der Waals surface area contributed by atoms with Crippen molar-refractivity contribution in [2.45, 2.75) is 26.3 Å². The van der Waals surface area contributed by atoms with Gasteiger partial charge in [-0.2, -0.15) is 0 Å². The lowest BCUT2D eigenvalue weighted by Gasteiger charge is -2.42. The van der Waals surface area contributed by atoms with E-state index in [0.717, 1.165) is 12.0 Å². The first-order valence-corrected chi connectivity index (χ1v) is 8.91. The molecule has 1 aromatic carbocycles. The minimum Gasteiger partial charge on any atom is -0.337 e. The van der Waals surface area contributed by atoms with Gasteiger partial charge in [0.25, 0.3) is 11.6 Å². The van der Waals surface area contributed by atoms with Crippen molar-refractivity contribution in [1.29, 1.82) is 0 Å². The molecule has 3 rings (SSSR count). The third-order valence-electron chi connectivity index (χ3n) is 4.65. The van der Waals surface area contributed by atoms with Gasteiger partial charge in [-0.05, 0) is 24.0 Å². The highest BCUT2D eigenvalue weighted by atomic mass is 32.1. The Hall–Kier alpha value is -2.32. The molecule has 1 aromatic heterocycles. The van der Waals surface area contributed by atoms with Gasteiger partial charge in [-0.25, -0.2) is 4.98 Å². The number of hydrogen-bond donors (Lipinski definition) is 1. The fourth-order valence-electron chi connectivity index (χ4n) is 2.94. The zero-order valence-electron chi connectivity index (χ0n) is 14.1. The lowest BCUT2D eigenvalue weighted by molar-refractivity contribution is -0.384. The molecule has 0 saturated carbocycles. The number of thiazole rings is 1. The van der Waals surface area contributed by atoms with Crippen LogP contribution < -0.4 is 5.73 Å². The number of nitro benzene ring substituents is 1. The van der Waals surface area contributed by atoms with E-state index < -0.39 is 4.92 Å². The van der Waals surface area contributed by atoms with E-state index in [1.165, 1.54) is 23.5 Å². The third-order valence-corrected chi connectivity index (χ3v) is 5.54. The average molecular weight is 360 g/mol. The van der Waals surface area contributed by atoms with E-state index in [0.29, 0.717) is 23.8 Å². The van der Waals surface area contributed by atoms with Crippen molar-refractivity contribution >= 4 is 22.9 Å². The SMILES string of the molecule is CC1(C)CN(C(=O)c2csc(-c3ccc([N+](=O)[O-])cc3)n2)CCC1N. The van der Waals surface area contributed by atoms with Crippen LogP contribution in [0, 0.1) is 15.5 Å². The number of nitrogens with zero attached hydrogens (tertiary/aromatic N) is 3. The molecule has 8 heteroatoms. The Bertz CT molecular complexity index is 800. The van der Waals surface area contributed by atoms with Crippen molar-refractivity contribution < 1.29 is 9.72 Å². The number of rotatable bonds is 3. The quantitative estimate of drug-likeness (QED) is 0.670. The Labute approximate surface area is 149 Å². The molecule has 0 aliphatic carbocycles. The van der Waals surface area contributed by atoms with E-state index in [-0.39, 0.29) is 23.1 Å². The highest BCUT2D eigenvalue weighted by Gasteiger charge is 2.36. The largest absolute Gasteiger partial charge is 0.337 e. The van der Waals surface area contributed by atoms with E-state index in [2.05, 4.69) is 18.8 Å². The molecule has 2 heterocycles. The highest BCUT2D eigenvalue weighted by molar-refractivity contribution is 7.13. The molecule has 1 saturated heterocycles. The molecule has 7 nitrogen and oxygen atoms in total. The standard InChI is InChI=1S/C17H20N4O3S/c1-17(2)10-20(8-7-14(17)18)16(22)13-9-25-15(19-13)11-3-5-12(6-4-11)21(23)24/h3-6,9,14H,7-8,10,18H2,1-2H3. The van der Waals surface area contributed by atoms with Gasteiger partial charge in [-0.15, -0.1) is 11.3 Å². The number of amides is 1. The predicted octanol–water partition coefficient (Wildman–Crippen LogP) is 2.92. The van der Waals surface area contributed by atoms with Crippen LogP contribution in [-0.2, 0) is 0 Å². The summed E-state index contributed by atoms with van der Waals surface area (Å²) in [6.07, 6.45) is 0.776. The van der Waals surface area contributed by atoms with E-state index in [1.54, 1.807) is 22.4 Å². The summed E-state index contributed by atoms with van der Waals surface area (Å²) < 4.78 is 0. The summed E-state index contributed by atoms with van der Waals surface area (Å²) in [4.78, 5) is 29.2. The van der Waals surface area contributed by atoms with Crippen molar-refractivity contribution in [2.75, 3.05) is 13.1 Å². The summed E-state index contributed by atoms with van der Waals surface area (Å²) in [6.45, 7) is 5.38. The van der Waals surface area contributed by atoms with E-state index in [9.17, 15) is 14.9 Å². The summed E-state index contributed by atoms with van der Waals surface area (Å²) in [5.74, 6) is -0.0932. The first-order chi connectivity index (χ1) is 11.8. The van der Waals surface area contributed by atoms with E-state index >= 15 is 0 Å². The Balaban J connectivity index is 1.77. The molecular weight excluding hydrogens is 340 g/mol. The van der Waals surface area contributed by atoms with Crippen LogP contribution in [0.5, 0.6) is 0 Å². The molecule has 1 fully saturated rings. The van der Waals surface area contributed by atoms with Crippen LogP contribution in [-0.4, -0.2) is 39.8 Å². The maximum atomic E-state index is 12.7. The summed E-state index contributed by atoms with van der Waals surface area (Å²) >= 11 is 1.36. The van der Waals surface area contributed by atoms with Gasteiger partial charge < -0.3 is 10.6 Å². The average Bonchev–Trinajstić information content (AvgIpc) is 3.06. The maximum absolute atomic E-state index is 12.7. The zero-order valence-corrected chi connectivity index (χ0v) is 15.0. The van der Waals surface area contributed by atoms with Crippen LogP contribution in [0.25, 0.3) is 10.6 Å². The molecule has 0 bridgehead atoms. The number of nitrogens with two attached hydrogens (primary N) is 1. The molecule has 132 valence electrons. The van der Waals surface area contributed by atoms with Crippen molar-refractivity contribution in [1.82, 2.24) is 9.88 Å². The Morgan fingerprint density at radius 2 is 2.08 bits per heavy atom. The summed E-state index contributed by atoms with van der Waals surface area (Å²) in [5, 5.41) is 13.1. The Morgan fingerprint density at radius 3 is 2.68 bits per heavy atom. The van der Waals surface area contributed by atoms with Gasteiger partial charge in [0, 0.05) is 42.2 Å². The van der Waals surface area contributed by atoms with Gasteiger partial charge in [-0.3, -0.25) is 14.9 Å². The predicted molar refractivity (Wildman–Crippen MR) is 96.5 cm³/mol. The molecule has 0 radical (unpaired) electrons. The van der Waals surface area contributed by atoms with Gasteiger partial charge in [-0.1, -0.05) is 13.8 Å². The monoisotopic (exact) mass is 360 g/mol. The molecule has 1 atom stereocenters. The number of likely N-dealkylation sites (tertiary alicyclic amines) is 1. The summed E-state index contributed by atoms with van der Waals surface area (Å²) in [7, 11) is 0. The second-order valence-corrected chi connectivity index (χ2v) is 7.81. The number of nitro groups is 1. The number of hydrogen-bond acceptors (Lipinski definition) is 6. The van der Waals surface area contributed by atoms with Crippen LogP contribution in [0.1, 0.15) is 30.8 Å². The van der Waals surface area contributed by atoms with Crippen LogP contribution in [0.2, 0.25) is 0 Å². The maximum Gasteiger partial charge on any atom is 0.273 e.